The van der Waals surface area contributed by atoms with Gasteiger partial charge in [0.05, 0.1) is 0 Å². The van der Waals surface area contributed by atoms with Gasteiger partial charge in [-0.25, -0.2) is 0 Å². The molecular formula is C28H40O2. The van der Waals surface area contributed by atoms with E-state index in [1.165, 1.54) is 44.9 Å². The standard InChI is InChI=1S/2C14H20O/c1-2-3-4-8-11-14(15)12-13-9-6-5-7-10-13;1-2-3-4-5-9-12-14(15)13-10-7-6-8-11-13/h5-7,9-10H,2-4,8,11-12H2,1H3;6-8,10-11H,2-5,9,12H2,1H3. The molecule has 164 valence electrons. The number of carbonyl (C=O) groups excluding carboxylic acids is 2. The van der Waals surface area contributed by atoms with Gasteiger partial charge in [-0.1, -0.05) is 119 Å². The molecule has 0 unspecified atom stereocenters. The third kappa shape index (κ3) is 13.1. The minimum absolute atomic E-state index is 0.284. The molecule has 2 nitrogen and oxygen atoms in total. The first-order valence-electron chi connectivity index (χ1n) is 11.8. The van der Waals surface area contributed by atoms with E-state index in [-0.39, 0.29) is 5.78 Å². The van der Waals surface area contributed by atoms with Crippen molar-refractivity contribution in [1.82, 2.24) is 0 Å². The molecule has 0 N–H and O–H groups in total. The van der Waals surface area contributed by atoms with Crippen molar-refractivity contribution in [1.29, 1.82) is 0 Å². The summed E-state index contributed by atoms with van der Waals surface area (Å²) >= 11 is 0. The lowest BCUT2D eigenvalue weighted by Crippen LogP contribution is -2.02. The molecule has 0 saturated heterocycles. The molecule has 0 aliphatic heterocycles. The molecule has 0 heterocycles. The number of hydrogen-bond donors (Lipinski definition) is 0. The number of rotatable bonds is 14. The number of benzene rings is 2. The monoisotopic (exact) mass is 408 g/mol. The number of Topliss-reactive ketones (excluding diaryl/α,β-unsaturated/α-hetero) is 2. The summed E-state index contributed by atoms with van der Waals surface area (Å²) in [6.45, 7) is 4.39. The van der Waals surface area contributed by atoms with Crippen molar-refractivity contribution in [2.24, 2.45) is 0 Å². The van der Waals surface area contributed by atoms with Gasteiger partial charge in [-0.3, -0.25) is 9.59 Å². The molecule has 0 aromatic heterocycles. The molecule has 0 radical (unpaired) electrons. The van der Waals surface area contributed by atoms with Crippen LogP contribution < -0.4 is 0 Å². The molecule has 0 atom stereocenters. The highest BCUT2D eigenvalue weighted by atomic mass is 16.1. The molecule has 2 heteroatoms. The molecule has 30 heavy (non-hydrogen) atoms. The average molecular weight is 409 g/mol. The lowest BCUT2D eigenvalue weighted by molar-refractivity contribution is -0.118. The van der Waals surface area contributed by atoms with E-state index in [9.17, 15) is 9.59 Å². The van der Waals surface area contributed by atoms with E-state index >= 15 is 0 Å². The average Bonchev–Trinajstić information content (AvgIpc) is 2.78. The smallest absolute Gasteiger partial charge is 0.162 e. The van der Waals surface area contributed by atoms with Gasteiger partial charge >= 0.3 is 0 Å². The third-order valence-corrected chi connectivity index (χ3v) is 5.16. The summed E-state index contributed by atoms with van der Waals surface area (Å²) in [6.07, 6.45) is 12.8. The van der Waals surface area contributed by atoms with Crippen molar-refractivity contribution in [3.63, 3.8) is 0 Å². The summed E-state index contributed by atoms with van der Waals surface area (Å²) in [5.74, 6) is 0.657. The Balaban J connectivity index is 0.000000300. The van der Waals surface area contributed by atoms with Crippen LogP contribution in [-0.2, 0) is 11.2 Å². The maximum atomic E-state index is 11.7. The van der Waals surface area contributed by atoms with Crippen molar-refractivity contribution in [3.8, 4) is 0 Å². The van der Waals surface area contributed by atoms with Gasteiger partial charge in [0, 0.05) is 24.8 Å². The van der Waals surface area contributed by atoms with Gasteiger partial charge in [-0.15, -0.1) is 0 Å². The van der Waals surface area contributed by atoms with Gasteiger partial charge in [0.25, 0.3) is 0 Å². The minimum atomic E-state index is 0.284. The van der Waals surface area contributed by atoms with Gasteiger partial charge in [0.15, 0.2) is 5.78 Å². The topological polar surface area (TPSA) is 34.1 Å². The number of hydrogen-bond acceptors (Lipinski definition) is 2. The van der Waals surface area contributed by atoms with Gasteiger partial charge < -0.3 is 0 Å². The molecule has 0 spiro atoms. The van der Waals surface area contributed by atoms with Gasteiger partial charge in [0.2, 0.25) is 0 Å². The Morgan fingerprint density at radius 3 is 1.70 bits per heavy atom. The van der Waals surface area contributed by atoms with Crippen molar-refractivity contribution >= 4 is 11.6 Å². The zero-order chi connectivity index (χ0) is 21.9. The Bertz CT molecular complexity index is 676. The van der Waals surface area contributed by atoms with E-state index in [4.69, 9.17) is 0 Å². The highest BCUT2D eigenvalue weighted by Crippen LogP contribution is 2.10. The van der Waals surface area contributed by atoms with Gasteiger partial charge in [0.1, 0.15) is 5.78 Å². The van der Waals surface area contributed by atoms with Crippen molar-refractivity contribution in [3.05, 3.63) is 71.8 Å². The highest BCUT2D eigenvalue weighted by Gasteiger charge is 2.04. The van der Waals surface area contributed by atoms with Crippen LogP contribution in [0.2, 0.25) is 0 Å². The van der Waals surface area contributed by atoms with E-state index in [1.807, 2.05) is 60.7 Å². The Hall–Kier alpha value is -2.22. The molecule has 0 saturated carbocycles. The second kappa shape index (κ2) is 17.6. The maximum absolute atomic E-state index is 11.7. The Morgan fingerprint density at radius 2 is 1.10 bits per heavy atom. The lowest BCUT2D eigenvalue weighted by Gasteiger charge is -2.01. The Labute approximate surface area is 184 Å². The van der Waals surface area contributed by atoms with E-state index < -0.39 is 0 Å². The largest absolute Gasteiger partial charge is 0.299 e. The van der Waals surface area contributed by atoms with E-state index in [2.05, 4.69) is 13.8 Å². The fourth-order valence-electron chi connectivity index (χ4n) is 3.32. The van der Waals surface area contributed by atoms with Crippen LogP contribution in [0.3, 0.4) is 0 Å². The summed E-state index contributed by atoms with van der Waals surface area (Å²) in [7, 11) is 0. The number of carbonyl (C=O) groups is 2. The maximum Gasteiger partial charge on any atom is 0.162 e. The normalized spacial score (nSPS) is 10.2. The van der Waals surface area contributed by atoms with Crippen LogP contribution in [0.15, 0.2) is 60.7 Å². The van der Waals surface area contributed by atoms with Crippen molar-refractivity contribution < 1.29 is 9.59 Å². The van der Waals surface area contributed by atoms with E-state index in [0.717, 1.165) is 30.4 Å². The molecule has 2 aromatic carbocycles. The quantitative estimate of drug-likeness (QED) is 0.234. The zero-order valence-corrected chi connectivity index (χ0v) is 19.1. The molecule has 0 aliphatic carbocycles. The highest BCUT2D eigenvalue weighted by molar-refractivity contribution is 5.95. The zero-order valence-electron chi connectivity index (χ0n) is 19.1. The minimum Gasteiger partial charge on any atom is -0.299 e. The molecular weight excluding hydrogens is 368 g/mol. The van der Waals surface area contributed by atoms with Crippen LogP contribution in [0.25, 0.3) is 0 Å². The second-order valence-electron chi connectivity index (χ2n) is 7.97. The van der Waals surface area contributed by atoms with Crippen LogP contribution in [0.1, 0.15) is 100 Å². The SMILES string of the molecule is CCCCCCC(=O)Cc1ccccc1.CCCCCCCC(=O)c1ccccc1. The first-order chi connectivity index (χ1) is 14.7. The predicted molar refractivity (Wildman–Crippen MR) is 128 cm³/mol. The predicted octanol–water partition coefficient (Wildman–Crippen LogP) is 8.00. The summed E-state index contributed by atoms with van der Waals surface area (Å²) < 4.78 is 0. The summed E-state index contributed by atoms with van der Waals surface area (Å²) in [4.78, 5) is 23.3. The van der Waals surface area contributed by atoms with Crippen molar-refractivity contribution in [2.45, 2.75) is 90.9 Å². The van der Waals surface area contributed by atoms with Crippen LogP contribution in [-0.4, -0.2) is 11.6 Å². The Morgan fingerprint density at radius 1 is 0.600 bits per heavy atom. The fourth-order valence-corrected chi connectivity index (χ4v) is 3.32. The van der Waals surface area contributed by atoms with Crippen molar-refractivity contribution in [2.75, 3.05) is 0 Å². The van der Waals surface area contributed by atoms with Gasteiger partial charge in [-0.2, -0.15) is 0 Å². The third-order valence-electron chi connectivity index (χ3n) is 5.16. The van der Waals surface area contributed by atoms with Crippen LogP contribution in [0.4, 0.5) is 0 Å². The molecule has 2 aromatic rings. The second-order valence-corrected chi connectivity index (χ2v) is 7.97. The van der Waals surface area contributed by atoms with Crippen LogP contribution >= 0.6 is 0 Å². The number of unbranched alkanes of at least 4 members (excludes halogenated alkanes) is 7. The van der Waals surface area contributed by atoms with Crippen LogP contribution in [0.5, 0.6) is 0 Å². The van der Waals surface area contributed by atoms with Gasteiger partial charge in [-0.05, 0) is 18.4 Å². The molecule has 0 amide bonds. The number of ketones is 2. The first kappa shape index (κ1) is 25.8. The lowest BCUT2D eigenvalue weighted by atomic mass is 10.0. The van der Waals surface area contributed by atoms with Crippen LogP contribution in [0, 0.1) is 0 Å². The summed E-state index contributed by atoms with van der Waals surface area (Å²) in [5.41, 5.74) is 1.99. The Kier molecular flexibility index (Phi) is 15.2. The summed E-state index contributed by atoms with van der Waals surface area (Å²) in [6, 6.07) is 19.6. The molecule has 0 fully saturated rings. The van der Waals surface area contributed by atoms with E-state index in [1.54, 1.807) is 0 Å². The van der Waals surface area contributed by atoms with E-state index in [0.29, 0.717) is 18.6 Å². The molecule has 2 rings (SSSR count). The summed E-state index contributed by atoms with van der Waals surface area (Å²) in [5, 5.41) is 0. The fraction of sp³-hybridized carbons (Fsp3) is 0.500. The first-order valence-corrected chi connectivity index (χ1v) is 11.8. The molecule has 0 aliphatic rings. The molecule has 0 bridgehead atoms.